The topological polar surface area (TPSA) is 49.4 Å². The molecular formula is C11H23ClN2O2S. The summed E-state index contributed by atoms with van der Waals surface area (Å²) in [6.07, 6.45) is 3.52. The van der Waals surface area contributed by atoms with Gasteiger partial charge in [0.15, 0.2) is 0 Å². The van der Waals surface area contributed by atoms with Crippen LogP contribution in [0, 0.1) is 5.92 Å². The van der Waals surface area contributed by atoms with Crippen molar-refractivity contribution in [1.29, 1.82) is 0 Å². The number of hydrogen-bond donors (Lipinski definition) is 1. The van der Waals surface area contributed by atoms with E-state index < -0.39 is 10.2 Å². The zero-order valence-corrected chi connectivity index (χ0v) is 12.2. The van der Waals surface area contributed by atoms with Gasteiger partial charge in [-0.15, -0.1) is 11.6 Å². The van der Waals surface area contributed by atoms with Crippen LogP contribution >= 0.6 is 11.6 Å². The molecule has 0 aliphatic carbocycles. The zero-order chi connectivity index (χ0) is 12.9. The van der Waals surface area contributed by atoms with E-state index in [2.05, 4.69) is 11.6 Å². The summed E-state index contributed by atoms with van der Waals surface area (Å²) in [5.41, 5.74) is 0. The van der Waals surface area contributed by atoms with Crippen molar-refractivity contribution in [1.82, 2.24) is 9.03 Å². The highest BCUT2D eigenvalue weighted by Gasteiger charge is 2.28. The van der Waals surface area contributed by atoms with Crippen LogP contribution < -0.4 is 4.72 Å². The van der Waals surface area contributed by atoms with Crippen molar-refractivity contribution < 1.29 is 8.42 Å². The Balaban J connectivity index is 2.60. The number of piperidine rings is 1. The van der Waals surface area contributed by atoms with E-state index in [0.717, 1.165) is 19.3 Å². The average Bonchev–Trinajstić information content (AvgIpc) is 2.28. The molecule has 0 saturated carbocycles. The monoisotopic (exact) mass is 282 g/mol. The van der Waals surface area contributed by atoms with Crippen LogP contribution in [0.1, 0.15) is 39.5 Å². The van der Waals surface area contributed by atoms with E-state index in [0.29, 0.717) is 31.3 Å². The van der Waals surface area contributed by atoms with Crippen molar-refractivity contribution in [2.45, 2.75) is 45.6 Å². The fourth-order valence-corrected chi connectivity index (χ4v) is 4.07. The molecule has 17 heavy (non-hydrogen) atoms. The van der Waals surface area contributed by atoms with Crippen LogP contribution in [0.4, 0.5) is 0 Å². The second-order valence-corrected chi connectivity index (χ2v) is 6.89. The van der Waals surface area contributed by atoms with Gasteiger partial charge in [-0.1, -0.05) is 13.8 Å². The largest absolute Gasteiger partial charge is 0.279 e. The maximum Gasteiger partial charge on any atom is 0.279 e. The van der Waals surface area contributed by atoms with Crippen molar-refractivity contribution in [3.63, 3.8) is 0 Å². The minimum absolute atomic E-state index is 0.0465. The summed E-state index contributed by atoms with van der Waals surface area (Å²) in [6, 6.07) is -0.0465. The fraction of sp³-hybridized carbons (Fsp3) is 1.00. The van der Waals surface area contributed by atoms with Gasteiger partial charge in [-0.05, 0) is 31.6 Å². The molecule has 0 radical (unpaired) electrons. The molecule has 0 spiro atoms. The van der Waals surface area contributed by atoms with Crippen LogP contribution in [0.5, 0.6) is 0 Å². The third kappa shape index (κ3) is 4.73. The minimum Gasteiger partial charge on any atom is -0.199 e. The molecule has 6 heteroatoms. The first-order valence-corrected chi connectivity index (χ1v) is 8.30. The van der Waals surface area contributed by atoms with Crippen molar-refractivity contribution in [2.75, 3.05) is 19.0 Å². The van der Waals surface area contributed by atoms with E-state index in [1.165, 1.54) is 0 Å². The van der Waals surface area contributed by atoms with Gasteiger partial charge in [0.2, 0.25) is 0 Å². The molecule has 1 heterocycles. The molecule has 1 saturated heterocycles. The summed E-state index contributed by atoms with van der Waals surface area (Å²) < 4.78 is 28.6. The smallest absolute Gasteiger partial charge is 0.199 e. The van der Waals surface area contributed by atoms with E-state index >= 15 is 0 Å². The summed E-state index contributed by atoms with van der Waals surface area (Å²) in [6.45, 7) is 5.33. The SMILES string of the molecule is CCC(CCCl)NS(=O)(=O)N1CCCC(C)C1. The van der Waals surface area contributed by atoms with Crippen molar-refractivity contribution in [2.24, 2.45) is 5.92 Å². The molecule has 1 rings (SSSR count). The number of alkyl halides is 1. The molecule has 0 aromatic carbocycles. The molecule has 0 bridgehead atoms. The molecule has 1 aliphatic heterocycles. The minimum atomic E-state index is -3.33. The van der Waals surface area contributed by atoms with Crippen LogP contribution in [0.2, 0.25) is 0 Å². The predicted molar refractivity (Wildman–Crippen MR) is 71.4 cm³/mol. The van der Waals surface area contributed by atoms with Crippen LogP contribution in [0.3, 0.4) is 0 Å². The lowest BCUT2D eigenvalue weighted by atomic mass is 10.0. The molecule has 0 aromatic heterocycles. The molecular weight excluding hydrogens is 260 g/mol. The molecule has 0 amide bonds. The van der Waals surface area contributed by atoms with E-state index in [1.807, 2.05) is 6.92 Å². The first kappa shape index (κ1) is 15.2. The van der Waals surface area contributed by atoms with Gasteiger partial charge in [0.25, 0.3) is 10.2 Å². The zero-order valence-electron chi connectivity index (χ0n) is 10.7. The lowest BCUT2D eigenvalue weighted by molar-refractivity contribution is 0.276. The second-order valence-electron chi connectivity index (χ2n) is 4.81. The summed E-state index contributed by atoms with van der Waals surface area (Å²) in [4.78, 5) is 0. The van der Waals surface area contributed by atoms with Gasteiger partial charge in [0.05, 0.1) is 0 Å². The standard InChI is InChI=1S/C11H23ClN2O2S/c1-3-11(6-7-12)13-17(15,16)14-8-4-5-10(2)9-14/h10-11,13H,3-9H2,1-2H3. The van der Waals surface area contributed by atoms with Crippen molar-refractivity contribution >= 4 is 21.8 Å². The maximum absolute atomic E-state index is 12.1. The number of rotatable bonds is 6. The van der Waals surface area contributed by atoms with E-state index in [4.69, 9.17) is 11.6 Å². The van der Waals surface area contributed by atoms with E-state index in [-0.39, 0.29) is 6.04 Å². The maximum atomic E-state index is 12.1. The number of nitrogens with zero attached hydrogens (tertiary/aromatic N) is 1. The molecule has 1 N–H and O–H groups in total. The highest BCUT2D eigenvalue weighted by atomic mass is 35.5. The Morgan fingerprint density at radius 1 is 1.53 bits per heavy atom. The van der Waals surface area contributed by atoms with Gasteiger partial charge in [-0.25, -0.2) is 0 Å². The quantitative estimate of drug-likeness (QED) is 0.757. The highest BCUT2D eigenvalue weighted by molar-refractivity contribution is 7.87. The lowest BCUT2D eigenvalue weighted by Crippen LogP contribution is -2.48. The van der Waals surface area contributed by atoms with Crippen LogP contribution in [0.15, 0.2) is 0 Å². The van der Waals surface area contributed by atoms with Crippen molar-refractivity contribution in [3.8, 4) is 0 Å². The van der Waals surface area contributed by atoms with E-state index in [1.54, 1.807) is 4.31 Å². The second kappa shape index (κ2) is 6.92. The molecule has 4 nitrogen and oxygen atoms in total. The van der Waals surface area contributed by atoms with E-state index in [9.17, 15) is 8.42 Å². The van der Waals surface area contributed by atoms with Gasteiger partial charge in [-0.2, -0.15) is 17.4 Å². The molecule has 0 aromatic rings. The summed E-state index contributed by atoms with van der Waals surface area (Å²) in [5.74, 6) is 0.936. The van der Waals surface area contributed by atoms with Gasteiger partial charge >= 0.3 is 0 Å². The third-order valence-electron chi connectivity index (χ3n) is 3.23. The highest BCUT2D eigenvalue weighted by Crippen LogP contribution is 2.18. The van der Waals surface area contributed by atoms with Crippen LogP contribution in [-0.2, 0) is 10.2 Å². The predicted octanol–water partition coefficient (Wildman–Crippen LogP) is 1.96. The molecule has 2 atom stereocenters. The summed E-state index contributed by atoms with van der Waals surface area (Å²) in [7, 11) is -3.33. The molecule has 1 fully saturated rings. The first-order valence-electron chi connectivity index (χ1n) is 6.33. The van der Waals surface area contributed by atoms with Gasteiger partial charge in [0, 0.05) is 25.0 Å². The molecule has 1 aliphatic rings. The number of halogens is 1. The Morgan fingerprint density at radius 3 is 2.76 bits per heavy atom. The normalized spacial score (nSPS) is 24.8. The number of hydrogen-bond acceptors (Lipinski definition) is 2. The van der Waals surface area contributed by atoms with Crippen molar-refractivity contribution in [3.05, 3.63) is 0 Å². The Bertz CT molecular complexity index is 321. The summed E-state index contributed by atoms with van der Waals surface area (Å²) in [5, 5.41) is 0. The summed E-state index contributed by atoms with van der Waals surface area (Å²) >= 11 is 5.66. The first-order chi connectivity index (χ1) is 7.99. The number of nitrogens with one attached hydrogen (secondary N) is 1. The molecule has 2 unspecified atom stereocenters. The van der Waals surface area contributed by atoms with Gasteiger partial charge in [-0.3, -0.25) is 0 Å². The van der Waals surface area contributed by atoms with Crippen LogP contribution in [0.25, 0.3) is 0 Å². The third-order valence-corrected chi connectivity index (χ3v) is 5.09. The molecule has 102 valence electrons. The Hall–Kier alpha value is 0.160. The Kier molecular flexibility index (Phi) is 6.20. The Morgan fingerprint density at radius 2 is 2.24 bits per heavy atom. The van der Waals surface area contributed by atoms with Gasteiger partial charge < -0.3 is 0 Å². The Labute approximate surface area is 110 Å². The fourth-order valence-electron chi connectivity index (χ4n) is 2.13. The van der Waals surface area contributed by atoms with Crippen LogP contribution in [-0.4, -0.2) is 37.7 Å². The average molecular weight is 283 g/mol. The lowest BCUT2D eigenvalue weighted by Gasteiger charge is -2.31. The van der Waals surface area contributed by atoms with Gasteiger partial charge in [0.1, 0.15) is 0 Å².